The second kappa shape index (κ2) is 38.1. The first-order valence-electron chi connectivity index (χ1n) is 22.2. The lowest BCUT2D eigenvalue weighted by Crippen LogP contribution is -2.30. The number of esters is 3. The number of rotatable bonds is 39. The zero-order chi connectivity index (χ0) is 37.6. The van der Waals surface area contributed by atoms with Gasteiger partial charge in [-0.15, -0.1) is 0 Å². The normalized spacial score (nSPS) is 12.1. The number of carbonyl (C=O) groups is 3. The van der Waals surface area contributed by atoms with Gasteiger partial charge in [-0.05, 0) is 31.1 Å². The van der Waals surface area contributed by atoms with Gasteiger partial charge in [-0.2, -0.15) is 0 Å². The molecule has 0 fully saturated rings. The highest BCUT2D eigenvalue weighted by atomic mass is 16.6. The van der Waals surface area contributed by atoms with Crippen LogP contribution in [0.2, 0.25) is 0 Å². The van der Waals surface area contributed by atoms with Crippen molar-refractivity contribution in [1.82, 2.24) is 0 Å². The molecule has 1 atom stereocenters. The van der Waals surface area contributed by atoms with Crippen molar-refractivity contribution in [3.63, 3.8) is 0 Å². The van der Waals surface area contributed by atoms with Crippen LogP contribution in [0.15, 0.2) is 0 Å². The minimum absolute atomic E-state index is 0.0658. The third-order valence-corrected chi connectivity index (χ3v) is 9.97. The summed E-state index contributed by atoms with van der Waals surface area (Å²) in [7, 11) is 0. The maximum Gasteiger partial charge on any atom is 0.306 e. The van der Waals surface area contributed by atoms with Crippen LogP contribution in [0.1, 0.15) is 240 Å². The van der Waals surface area contributed by atoms with Crippen molar-refractivity contribution in [1.29, 1.82) is 0 Å². The number of ether oxygens (including phenoxy) is 3. The van der Waals surface area contributed by atoms with Crippen molar-refractivity contribution in [3.8, 4) is 0 Å². The molecule has 0 N–H and O–H groups in total. The van der Waals surface area contributed by atoms with Gasteiger partial charge in [-0.3, -0.25) is 14.4 Å². The van der Waals surface area contributed by atoms with Crippen LogP contribution in [0.3, 0.4) is 0 Å². The molecule has 0 aliphatic heterocycles. The average molecular weight is 723 g/mol. The molecule has 0 aromatic carbocycles. The molecule has 6 heteroatoms. The van der Waals surface area contributed by atoms with Gasteiger partial charge in [0.2, 0.25) is 0 Å². The van der Waals surface area contributed by atoms with E-state index >= 15 is 0 Å². The summed E-state index contributed by atoms with van der Waals surface area (Å²) in [4.78, 5) is 37.6. The van der Waals surface area contributed by atoms with E-state index in [-0.39, 0.29) is 31.1 Å². The zero-order valence-electron chi connectivity index (χ0n) is 34.7. The van der Waals surface area contributed by atoms with Gasteiger partial charge in [-0.25, -0.2) is 0 Å². The summed E-state index contributed by atoms with van der Waals surface area (Å²) < 4.78 is 16.7. The van der Waals surface area contributed by atoms with Gasteiger partial charge in [0.05, 0.1) is 0 Å². The highest BCUT2D eigenvalue weighted by molar-refractivity contribution is 5.71. The first-order chi connectivity index (χ1) is 24.7. The molecule has 0 unspecified atom stereocenters. The molecule has 0 saturated carbocycles. The van der Waals surface area contributed by atoms with Gasteiger partial charge >= 0.3 is 17.9 Å². The fourth-order valence-electron chi connectivity index (χ4n) is 6.58. The quantitative estimate of drug-likeness (QED) is 0.0357. The number of unbranched alkanes of at least 4 members (excludes halogenated alkanes) is 24. The Bertz CT molecular complexity index is 779. The Morgan fingerprint density at radius 3 is 0.961 bits per heavy atom. The van der Waals surface area contributed by atoms with E-state index in [9.17, 15) is 14.4 Å². The van der Waals surface area contributed by atoms with Crippen molar-refractivity contribution in [2.75, 3.05) is 13.2 Å². The maximum atomic E-state index is 12.7. The number of hydrogen-bond acceptors (Lipinski definition) is 6. The molecule has 51 heavy (non-hydrogen) atoms. The molecule has 0 aromatic rings. The van der Waals surface area contributed by atoms with E-state index in [2.05, 4.69) is 34.6 Å². The van der Waals surface area contributed by atoms with E-state index in [0.717, 1.165) is 69.6 Å². The highest BCUT2D eigenvalue weighted by Gasteiger charge is 2.19. The predicted molar refractivity (Wildman–Crippen MR) is 215 cm³/mol. The third kappa shape index (κ3) is 39.5. The van der Waals surface area contributed by atoms with Crippen LogP contribution in [0.25, 0.3) is 0 Å². The van der Waals surface area contributed by atoms with Crippen LogP contribution in [0.4, 0.5) is 0 Å². The maximum absolute atomic E-state index is 12.7. The molecular formula is C45H86O6. The van der Waals surface area contributed by atoms with Crippen LogP contribution < -0.4 is 0 Å². The summed E-state index contributed by atoms with van der Waals surface area (Å²) in [5.41, 5.74) is 0. The van der Waals surface area contributed by atoms with E-state index in [1.54, 1.807) is 0 Å². The summed E-state index contributed by atoms with van der Waals surface area (Å²) >= 11 is 0. The molecule has 0 bridgehead atoms. The SMILES string of the molecule is CCCCCCCCCCCCCC(=O)O[C@H](COC(=O)CCCCCCCCCCCCC(C)C)COC(=O)CCCCCCCCC(C)C. The van der Waals surface area contributed by atoms with Crippen molar-refractivity contribution in [2.24, 2.45) is 11.8 Å². The van der Waals surface area contributed by atoms with E-state index in [0.29, 0.717) is 19.3 Å². The first-order valence-corrected chi connectivity index (χ1v) is 22.2. The lowest BCUT2D eigenvalue weighted by Gasteiger charge is -2.18. The second-order valence-electron chi connectivity index (χ2n) is 16.3. The minimum Gasteiger partial charge on any atom is -0.462 e. The molecule has 0 aliphatic rings. The van der Waals surface area contributed by atoms with Crippen LogP contribution >= 0.6 is 0 Å². The summed E-state index contributed by atoms with van der Waals surface area (Å²) in [5.74, 6) is 0.718. The van der Waals surface area contributed by atoms with Crippen molar-refractivity contribution in [2.45, 2.75) is 246 Å². The topological polar surface area (TPSA) is 78.9 Å². The van der Waals surface area contributed by atoms with Gasteiger partial charge < -0.3 is 14.2 Å². The summed E-state index contributed by atoms with van der Waals surface area (Å²) in [6, 6.07) is 0. The van der Waals surface area contributed by atoms with Crippen LogP contribution in [0.5, 0.6) is 0 Å². The minimum atomic E-state index is -0.760. The molecule has 0 spiro atoms. The lowest BCUT2D eigenvalue weighted by atomic mass is 10.0. The number of hydrogen-bond donors (Lipinski definition) is 0. The third-order valence-electron chi connectivity index (χ3n) is 9.97. The Morgan fingerprint density at radius 2 is 0.647 bits per heavy atom. The Labute approximate surface area is 317 Å². The molecule has 0 radical (unpaired) electrons. The van der Waals surface area contributed by atoms with Crippen molar-refractivity contribution < 1.29 is 28.6 Å². The summed E-state index contributed by atoms with van der Waals surface area (Å²) in [5, 5.41) is 0. The van der Waals surface area contributed by atoms with Crippen molar-refractivity contribution in [3.05, 3.63) is 0 Å². The Balaban J connectivity index is 4.32. The zero-order valence-corrected chi connectivity index (χ0v) is 34.7. The molecule has 0 rings (SSSR count). The Kier molecular flexibility index (Phi) is 37.0. The Hall–Kier alpha value is -1.59. The summed E-state index contributed by atoms with van der Waals surface area (Å²) in [6.45, 7) is 11.2. The highest BCUT2D eigenvalue weighted by Crippen LogP contribution is 2.16. The summed E-state index contributed by atoms with van der Waals surface area (Å²) in [6.07, 6.45) is 35.3. The van der Waals surface area contributed by atoms with E-state index in [1.165, 1.54) is 128 Å². The van der Waals surface area contributed by atoms with E-state index in [1.807, 2.05) is 0 Å². The average Bonchev–Trinajstić information content (AvgIpc) is 3.09. The largest absolute Gasteiger partial charge is 0.462 e. The molecule has 0 amide bonds. The molecule has 0 saturated heterocycles. The Morgan fingerprint density at radius 1 is 0.373 bits per heavy atom. The van der Waals surface area contributed by atoms with Gasteiger partial charge in [0.25, 0.3) is 0 Å². The fourth-order valence-corrected chi connectivity index (χ4v) is 6.58. The van der Waals surface area contributed by atoms with Crippen LogP contribution in [-0.4, -0.2) is 37.2 Å². The molecule has 302 valence electrons. The molecule has 0 heterocycles. The monoisotopic (exact) mass is 723 g/mol. The van der Waals surface area contributed by atoms with Gasteiger partial charge in [0.15, 0.2) is 6.10 Å². The van der Waals surface area contributed by atoms with Gasteiger partial charge in [0.1, 0.15) is 13.2 Å². The predicted octanol–water partition coefficient (Wildman–Crippen LogP) is 13.8. The smallest absolute Gasteiger partial charge is 0.306 e. The van der Waals surface area contributed by atoms with E-state index < -0.39 is 6.10 Å². The lowest BCUT2D eigenvalue weighted by molar-refractivity contribution is -0.167. The second-order valence-corrected chi connectivity index (χ2v) is 16.3. The number of carbonyl (C=O) groups excluding carboxylic acids is 3. The first kappa shape index (κ1) is 49.4. The van der Waals surface area contributed by atoms with E-state index in [4.69, 9.17) is 14.2 Å². The fraction of sp³-hybridized carbons (Fsp3) is 0.933. The van der Waals surface area contributed by atoms with Crippen LogP contribution in [0, 0.1) is 11.8 Å². The molecule has 0 aromatic heterocycles. The van der Waals surface area contributed by atoms with Gasteiger partial charge in [0, 0.05) is 19.3 Å². The van der Waals surface area contributed by atoms with Crippen molar-refractivity contribution >= 4 is 17.9 Å². The van der Waals surface area contributed by atoms with Gasteiger partial charge in [-0.1, -0.05) is 202 Å². The molecule has 0 aliphatic carbocycles. The molecule has 6 nitrogen and oxygen atoms in total. The standard InChI is InChI=1S/C45H86O6/c1-6-7-8-9-10-11-12-17-20-27-32-37-45(48)51-42(39-50-44(47)36-31-26-22-21-24-29-34-41(4)5)38-49-43(46)35-30-25-19-16-14-13-15-18-23-28-33-40(2)3/h40-42H,6-39H2,1-5H3/t42-/m1/s1. The van der Waals surface area contributed by atoms with Crippen LogP contribution in [-0.2, 0) is 28.6 Å². The molecular weight excluding hydrogens is 636 g/mol.